The number of anilines is 3. The van der Waals surface area contributed by atoms with Gasteiger partial charge in [-0.15, -0.1) is 0 Å². The molecule has 0 atom stereocenters. The van der Waals surface area contributed by atoms with E-state index in [0.29, 0.717) is 0 Å². The van der Waals surface area contributed by atoms with Crippen molar-refractivity contribution in [2.45, 2.75) is 26.3 Å². The number of benzene rings is 2. The van der Waals surface area contributed by atoms with E-state index >= 15 is 0 Å². The minimum Gasteiger partial charge on any atom is -0.376 e. The molecule has 0 amide bonds. The molecule has 2 N–H and O–H groups in total. The third-order valence-corrected chi connectivity index (χ3v) is 3.55. The van der Waals surface area contributed by atoms with Crippen LogP contribution in [0.3, 0.4) is 0 Å². The summed E-state index contributed by atoms with van der Waals surface area (Å²) in [5.74, 6) is 0. The van der Waals surface area contributed by atoms with Crippen LogP contribution in [-0.4, -0.2) is 5.54 Å². The first kappa shape index (κ1) is 12.8. The summed E-state index contributed by atoms with van der Waals surface area (Å²) in [6, 6.07) is 16.6. The first-order chi connectivity index (χ1) is 9.55. The van der Waals surface area contributed by atoms with E-state index in [0.717, 1.165) is 11.4 Å². The van der Waals surface area contributed by atoms with Crippen LogP contribution in [0, 0.1) is 0 Å². The second-order valence-corrected chi connectivity index (χ2v) is 5.89. The standard InChI is InChI=1S/C18H20N2/c1-13-12-18(2,3)20-16-11-7-10-15(17(13)16)19-14-8-5-4-6-9-14/h4-12,19-20H,1-3H3. The summed E-state index contributed by atoms with van der Waals surface area (Å²) in [5.41, 5.74) is 6.01. The largest absolute Gasteiger partial charge is 0.376 e. The van der Waals surface area contributed by atoms with Crippen molar-refractivity contribution in [2.24, 2.45) is 0 Å². The summed E-state index contributed by atoms with van der Waals surface area (Å²) < 4.78 is 0. The average molecular weight is 264 g/mol. The molecule has 20 heavy (non-hydrogen) atoms. The van der Waals surface area contributed by atoms with Crippen LogP contribution in [0.1, 0.15) is 26.3 Å². The van der Waals surface area contributed by atoms with Gasteiger partial charge in [-0.1, -0.05) is 30.3 Å². The second kappa shape index (κ2) is 4.71. The fourth-order valence-corrected chi connectivity index (χ4v) is 2.86. The Morgan fingerprint density at radius 1 is 0.950 bits per heavy atom. The first-order valence-corrected chi connectivity index (χ1v) is 6.98. The molecular formula is C18H20N2. The third kappa shape index (κ3) is 2.42. The third-order valence-electron chi connectivity index (χ3n) is 3.55. The lowest BCUT2D eigenvalue weighted by molar-refractivity contribution is 0.707. The maximum Gasteiger partial charge on any atom is 0.0505 e. The quantitative estimate of drug-likeness (QED) is 0.794. The van der Waals surface area contributed by atoms with Crippen molar-refractivity contribution in [3.8, 4) is 0 Å². The molecule has 0 radical (unpaired) electrons. The van der Waals surface area contributed by atoms with Gasteiger partial charge >= 0.3 is 0 Å². The van der Waals surface area contributed by atoms with E-state index in [1.807, 2.05) is 18.2 Å². The number of allylic oxidation sites excluding steroid dienone is 1. The fourth-order valence-electron chi connectivity index (χ4n) is 2.86. The maximum absolute atomic E-state index is 3.58. The van der Waals surface area contributed by atoms with Crippen molar-refractivity contribution in [2.75, 3.05) is 10.6 Å². The SMILES string of the molecule is CC1=CC(C)(C)Nc2cccc(Nc3ccccc3)c21. The summed E-state index contributed by atoms with van der Waals surface area (Å²) in [6.07, 6.45) is 2.28. The Morgan fingerprint density at radius 3 is 2.45 bits per heavy atom. The summed E-state index contributed by atoms with van der Waals surface area (Å²) in [4.78, 5) is 0. The normalized spacial score (nSPS) is 15.8. The monoisotopic (exact) mass is 264 g/mol. The minimum absolute atomic E-state index is 0.00243. The highest BCUT2D eigenvalue weighted by Gasteiger charge is 2.23. The molecule has 102 valence electrons. The number of para-hydroxylation sites is 1. The molecule has 1 aliphatic rings. The van der Waals surface area contributed by atoms with Crippen LogP contribution in [0.2, 0.25) is 0 Å². The highest BCUT2D eigenvalue weighted by atomic mass is 15.0. The van der Waals surface area contributed by atoms with E-state index in [4.69, 9.17) is 0 Å². The highest BCUT2D eigenvalue weighted by molar-refractivity contribution is 5.89. The van der Waals surface area contributed by atoms with Crippen molar-refractivity contribution in [1.29, 1.82) is 0 Å². The summed E-state index contributed by atoms with van der Waals surface area (Å²) in [7, 11) is 0. The molecule has 0 bridgehead atoms. The van der Waals surface area contributed by atoms with Gasteiger partial charge in [0.1, 0.15) is 0 Å². The van der Waals surface area contributed by atoms with Crippen molar-refractivity contribution < 1.29 is 0 Å². The molecule has 0 saturated carbocycles. The lowest BCUT2D eigenvalue weighted by Crippen LogP contribution is -2.31. The Hall–Kier alpha value is -2.22. The van der Waals surface area contributed by atoms with Gasteiger partial charge in [0.25, 0.3) is 0 Å². The molecule has 0 fully saturated rings. The molecule has 2 heteroatoms. The fraction of sp³-hybridized carbons (Fsp3) is 0.222. The first-order valence-electron chi connectivity index (χ1n) is 6.98. The number of rotatable bonds is 2. The van der Waals surface area contributed by atoms with Crippen LogP contribution in [0.25, 0.3) is 5.57 Å². The zero-order valence-corrected chi connectivity index (χ0v) is 12.2. The second-order valence-electron chi connectivity index (χ2n) is 5.89. The van der Waals surface area contributed by atoms with Gasteiger partial charge in [-0.25, -0.2) is 0 Å². The van der Waals surface area contributed by atoms with E-state index < -0.39 is 0 Å². The average Bonchev–Trinajstić information content (AvgIpc) is 2.38. The van der Waals surface area contributed by atoms with Crippen LogP contribution < -0.4 is 10.6 Å². The molecular weight excluding hydrogens is 244 g/mol. The Bertz CT molecular complexity index is 654. The molecule has 1 heterocycles. The molecule has 2 aromatic carbocycles. The minimum atomic E-state index is 0.00243. The number of hydrogen-bond acceptors (Lipinski definition) is 2. The molecule has 0 aromatic heterocycles. The van der Waals surface area contributed by atoms with Crippen molar-refractivity contribution in [1.82, 2.24) is 0 Å². The van der Waals surface area contributed by atoms with Gasteiger partial charge < -0.3 is 10.6 Å². The summed E-state index contributed by atoms with van der Waals surface area (Å²) in [6.45, 7) is 6.56. The molecule has 2 aromatic rings. The van der Waals surface area contributed by atoms with E-state index in [-0.39, 0.29) is 5.54 Å². The Kier molecular flexibility index (Phi) is 3.01. The predicted molar refractivity (Wildman–Crippen MR) is 87.5 cm³/mol. The topological polar surface area (TPSA) is 24.1 Å². The highest BCUT2D eigenvalue weighted by Crippen LogP contribution is 2.39. The predicted octanol–water partition coefficient (Wildman–Crippen LogP) is 5.04. The molecule has 2 nitrogen and oxygen atoms in total. The summed E-state index contributed by atoms with van der Waals surface area (Å²) >= 11 is 0. The van der Waals surface area contributed by atoms with Crippen LogP contribution >= 0.6 is 0 Å². The van der Waals surface area contributed by atoms with Crippen molar-refractivity contribution in [3.63, 3.8) is 0 Å². The zero-order valence-electron chi connectivity index (χ0n) is 12.2. The van der Waals surface area contributed by atoms with Crippen LogP contribution in [0.15, 0.2) is 54.6 Å². The lowest BCUT2D eigenvalue weighted by Gasteiger charge is -2.32. The van der Waals surface area contributed by atoms with Gasteiger partial charge in [0.15, 0.2) is 0 Å². The van der Waals surface area contributed by atoms with E-state index in [1.165, 1.54) is 16.8 Å². The number of hydrogen-bond donors (Lipinski definition) is 2. The Labute approximate surface area is 120 Å². The van der Waals surface area contributed by atoms with Crippen LogP contribution in [0.5, 0.6) is 0 Å². The van der Waals surface area contributed by atoms with Gasteiger partial charge in [0.05, 0.1) is 5.54 Å². The lowest BCUT2D eigenvalue weighted by atomic mass is 9.90. The van der Waals surface area contributed by atoms with Gasteiger partial charge in [-0.05, 0) is 50.6 Å². The molecule has 0 aliphatic carbocycles. The molecule has 0 saturated heterocycles. The van der Waals surface area contributed by atoms with Gasteiger partial charge in [-0.2, -0.15) is 0 Å². The summed E-state index contributed by atoms with van der Waals surface area (Å²) in [5, 5.41) is 7.09. The molecule has 0 unspecified atom stereocenters. The van der Waals surface area contributed by atoms with E-state index in [9.17, 15) is 0 Å². The Balaban J connectivity index is 2.03. The van der Waals surface area contributed by atoms with Gasteiger partial charge in [0.2, 0.25) is 0 Å². The van der Waals surface area contributed by atoms with Gasteiger partial charge in [-0.3, -0.25) is 0 Å². The van der Waals surface area contributed by atoms with Crippen molar-refractivity contribution >= 4 is 22.6 Å². The molecule has 3 rings (SSSR count). The number of nitrogens with one attached hydrogen (secondary N) is 2. The van der Waals surface area contributed by atoms with Crippen LogP contribution in [0.4, 0.5) is 17.1 Å². The van der Waals surface area contributed by atoms with Crippen molar-refractivity contribution in [3.05, 3.63) is 60.2 Å². The van der Waals surface area contributed by atoms with Gasteiger partial charge in [0, 0.05) is 22.6 Å². The molecule has 0 spiro atoms. The smallest absolute Gasteiger partial charge is 0.0505 e. The molecule has 1 aliphatic heterocycles. The zero-order chi connectivity index (χ0) is 14.2. The Morgan fingerprint density at radius 2 is 1.70 bits per heavy atom. The van der Waals surface area contributed by atoms with E-state index in [2.05, 4.69) is 67.8 Å². The van der Waals surface area contributed by atoms with Crippen LogP contribution in [-0.2, 0) is 0 Å². The number of fused-ring (bicyclic) bond motifs is 1. The van der Waals surface area contributed by atoms with E-state index in [1.54, 1.807) is 0 Å². The maximum atomic E-state index is 3.58.